The molecule has 11 heteroatoms. The minimum absolute atomic E-state index is 0.0281. The van der Waals surface area contributed by atoms with E-state index in [1.807, 2.05) is 6.07 Å². The van der Waals surface area contributed by atoms with Crippen LogP contribution in [0.5, 0.6) is 0 Å². The lowest BCUT2D eigenvalue weighted by molar-refractivity contribution is 0.276. The van der Waals surface area contributed by atoms with Crippen molar-refractivity contribution in [1.29, 1.82) is 0 Å². The van der Waals surface area contributed by atoms with Crippen molar-refractivity contribution < 1.29 is 14.6 Å². The molecule has 1 fully saturated rings. The van der Waals surface area contributed by atoms with Gasteiger partial charge in [0.15, 0.2) is 17.5 Å². The van der Waals surface area contributed by atoms with Gasteiger partial charge in [-0.05, 0) is 37.0 Å². The van der Waals surface area contributed by atoms with Crippen LogP contribution in [0.15, 0.2) is 30.3 Å². The van der Waals surface area contributed by atoms with E-state index in [-0.39, 0.29) is 30.0 Å². The fraction of sp³-hybridized carbons (Fsp3) is 0.381. The predicted octanol–water partition coefficient (Wildman–Crippen LogP) is 3.55. The summed E-state index contributed by atoms with van der Waals surface area (Å²) in [7, 11) is 0. The lowest BCUT2D eigenvalue weighted by Gasteiger charge is -2.19. The van der Waals surface area contributed by atoms with Crippen LogP contribution in [-0.4, -0.2) is 50.1 Å². The molecule has 2 aromatic heterocycles. The van der Waals surface area contributed by atoms with Crippen molar-refractivity contribution in [3.05, 3.63) is 52.4 Å². The number of aliphatic hydroxyl groups excluding tert-OH is 2. The molecule has 1 aliphatic rings. The summed E-state index contributed by atoms with van der Waals surface area (Å²) in [5.74, 6) is 1.66. The Morgan fingerprint density at radius 1 is 1.16 bits per heavy atom. The molecule has 0 saturated heterocycles. The van der Waals surface area contributed by atoms with Gasteiger partial charge < -0.3 is 26.2 Å². The molecule has 9 nitrogen and oxygen atoms in total. The van der Waals surface area contributed by atoms with Crippen molar-refractivity contribution in [2.24, 2.45) is 0 Å². The average molecular weight is 462 g/mol. The summed E-state index contributed by atoms with van der Waals surface area (Å²) in [6.07, 6.45) is 2.81. The lowest BCUT2D eigenvalue weighted by atomic mass is 10.1. The molecule has 0 radical (unpaired) electrons. The van der Waals surface area contributed by atoms with Crippen molar-refractivity contribution in [3.8, 4) is 0 Å². The van der Waals surface area contributed by atoms with E-state index in [0.29, 0.717) is 41.9 Å². The molecule has 1 aromatic carbocycles. The number of aromatic nitrogens is 4. The molecule has 0 amide bonds. The highest BCUT2D eigenvalue weighted by Crippen LogP contribution is 2.40. The topological polar surface area (TPSA) is 131 Å². The zero-order valence-corrected chi connectivity index (χ0v) is 18.0. The standard InChI is InChI=1S/C21H25ClFN7O2/c22-18-19(24-8-1-9-31)27-21(25-16(11-32)13-4-6-14(23)7-5-13)28-20(18)26-17-10-15(29-30-17)12-2-3-12/h4-7,10,12,16,31-32H,1-3,8-9,11H2,(H4,24,25,26,27,28,29,30). The highest BCUT2D eigenvalue weighted by molar-refractivity contribution is 6.35. The van der Waals surface area contributed by atoms with Crippen LogP contribution in [0.2, 0.25) is 5.02 Å². The van der Waals surface area contributed by atoms with E-state index in [0.717, 1.165) is 18.5 Å². The summed E-state index contributed by atoms with van der Waals surface area (Å²) < 4.78 is 13.3. The Bertz CT molecular complexity index is 1040. The molecular formula is C21H25ClFN7O2. The fourth-order valence-corrected chi connectivity index (χ4v) is 3.41. The Balaban J connectivity index is 1.59. The molecule has 0 spiro atoms. The number of nitrogens with one attached hydrogen (secondary N) is 4. The molecule has 2 heterocycles. The first-order valence-electron chi connectivity index (χ1n) is 10.4. The molecule has 4 rings (SSSR count). The number of aromatic amines is 1. The molecule has 1 aliphatic carbocycles. The fourth-order valence-electron chi connectivity index (χ4n) is 3.21. The van der Waals surface area contributed by atoms with Crippen molar-refractivity contribution >= 4 is 35.0 Å². The average Bonchev–Trinajstić information content (AvgIpc) is 3.54. The third-order valence-electron chi connectivity index (χ3n) is 5.10. The third kappa shape index (κ3) is 5.45. The van der Waals surface area contributed by atoms with Gasteiger partial charge in [-0.25, -0.2) is 4.39 Å². The minimum atomic E-state index is -0.554. The molecule has 3 aromatic rings. The lowest BCUT2D eigenvalue weighted by Crippen LogP contribution is -2.18. The van der Waals surface area contributed by atoms with Crippen molar-refractivity contribution in [1.82, 2.24) is 20.2 Å². The number of anilines is 4. The maximum atomic E-state index is 13.3. The van der Waals surface area contributed by atoms with E-state index in [2.05, 4.69) is 36.1 Å². The molecule has 1 saturated carbocycles. The molecule has 6 N–H and O–H groups in total. The van der Waals surface area contributed by atoms with E-state index in [4.69, 9.17) is 16.7 Å². The second kappa shape index (κ2) is 10.1. The van der Waals surface area contributed by atoms with Gasteiger partial charge in [-0.15, -0.1) is 0 Å². The van der Waals surface area contributed by atoms with Gasteiger partial charge in [-0.1, -0.05) is 23.7 Å². The Morgan fingerprint density at radius 3 is 2.59 bits per heavy atom. The first-order chi connectivity index (χ1) is 15.6. The van der Waals surface area contributed by atoms with Crippen molar-refractivity contribution in [2.75, 3.05) is 35.7 Å². The van der Waals surface area contributed by atoms with Crippen LogP contribution in [-0.2, 0) is 0 Å². The number of aliphatic hydroxyl groups is 2. The SMILES string of the molecule is OCCCNc1nc(NC(CO)c2ccc(F)cc2)nc(Nc2cc(C3CC3)[nH]n2)c1Cl. The number of nitrogens with zero attached hydrogens (tertiary/aromatic N) is 3. The largest absolute Gasteiger partial charge is 0.396 e. The number of halogens is 2. The second-order valence-corrected chi connectivity index (χ2v) is 7.98. The van der Waals surface area contributed by atoms with Crippen LogP contribution in [0.1, 0.15) is 42.5 Å². The second-order valence-electron chi connectivity index (χ2n) is 7.60. The third-order valence-corrected chi connectivity index (χ3v) is 5.46. The molecule has 170 valence electrons. The van der Waals surface area contributed by atoms with Crippen LogP contribution >= 0.6 is 11.6 Å². The smallest absolute Gasteiger partial charge is 0.227 e. The zero-order chi connectivity index (χ0) is 22.5. The summed E-state index contributed by atoms with van der Waals surface area (Å²) in [5.41, 5.74) is 1.74. The van der Waals surface area contributed by atoms with Crippen LogP contribution in [0, 0.1) is 5.82 Å². The normalized spacial score (nSPS) is 14.2. The number of H-pyrrole nitrogens is 1. The van der Waals surface area contributed by atoms with Gasteiger partial charge in [0.2, 0.25) is 5.95 Å². The number of benzene rings is 1. The first kappa shape index (κ1) is 22.3. The highest BCUT2D eigenvalue weighted by atomic mass is 35.5. The van der Waals surface area contributed by atoms with Gasteiger partial charge in [0, 0.05) is 30.8 Å². The maximum Gasteiger partial charge on any atom is 0.227 e. The molecule has 0 bridgehead atoms. The Morgan fingerprint density at radius 2 is 1.91 bits per heavy atom. The van der Waals surface area contributed by atoms with Crippen molar-refractivity contribution in [2.45, 2.75) is 31.2 Å². The van der Waals surface area contributed by atoms with Gasteiger partial charge in [-0.2, -0.15) is 15.1 Å². The molecule has 1 atom stereocenters. The summed E-state index contributed by atoms with van der Waals surface area (Å²) in [5, 5.41) is 35.8. The summed E-state index contributed by atoms with van der Waals surface area (Å²) >= 11 is 6.53. The first-order valence-corrected chi connectivity index (χ1v) is 10.8. The zero-order valence-electron chi connectivity index (χ0n) is 17.3. The Labute approximate surface area is 189 Å². The monoisotopic (exact) mass is 461 g/mol. The van der Waals surface area contributed by atoms with E-state index < -0.39 is 6.04 Å². The maximum absolute atomic E-state index is 13.3. The van der Waals surface area contributed by atoms with E-state index in [1.165, 1.54) is 12.1 Å². The highest BCUT2D eigenvalue weighted by Gasteiger charge is 2.26. The van der Waals surface area contributed by atoms with Gasteiger partial charge in [0.1, 0.15) is 10.8 Å². The molecule has 0 aliphatic heterocycles. The molecule has 32 heavy (non-hydrogen) atoms. The van der Waals surface area contributed by atoms with Crippen LogP contribution < -0.4 is 16.0 Å². The Hall–Kier alpha value is -2.95. The van der Waals surface area contributed by atoms with E-state index in [9.17, 15) is 9.50 Å². The quantitative estimate of drug-likeness (QED) is 0.239. The van der Waals surface area contributed by atoms with Gasteiger partial charge in [0.05, 0.1) is 12.6 Å². The number of hydrogen-bond donors (Lipinski definition) is 6. The molecule has 1 unspecified atom stereocenters. The summed E-state index contributed by atoms with van der Waals surface area (Å²) in [4.78, 5) is 8.88. The van der Waals surface area contributed by atoms with Crippen molar-refractivity contribution in [3.63, 3.8) is 0 Å². The predicted molar refractivity (Wildman–Crippen MR) is 121 cm³/mol. The minimum Gasteiger partial charge on any atom is -0.396 e. The van der Waals surface area contributed by atoms with Crippen LogP contribution in [0.25, 0.3) is 0 Å². The molecular weight excluding hydrogens is 437 g/mol. The van der Waals surface area contributed by atoms with E-state index in [1.54, 1.807) is 12.1 Å². The number of rotatable bonds is 11. The number of hydrogen-bond acceptors (Lipinski definition) is 8. The van der Waals surface area contributed by atoms with E-state index >= 15 is 0 Å². The Kier molecular flexibility index (Phi) is 7.03. The summed E-state index contributed by atoms with van der Waals surface area (Å²) in [6.45, 7) is 0.236. The van der Waals surface area contributed by atoms with Gasteiger partial charge in [-0.3, -0.25) is 5.10 Å². The van der Waals surface area contributed by atoms with Crippen LogP contribution in [0.3, 0.4) is 0 Å². The summed E-state index contributed by atoms with van der Waals surface area (Å²) in [6, 6.07) is 7.20. The van der Waals surface area contributed by atoms with Gasteiger partial charge >= 0.3 is 0 Å². The van der Waals surface area contributed by atoms with Gasteiger partial charge in [0.25, 0.3) is 0 Å². The van der Waals surface area contributed by atoms with Crippen LogP contribution in [0.4, 0.5) is 27.8 Å².